The summed E-state index contributed by atoms with van der Waals surface area (Å²) in [6.07, 6.45) is 40.3. The highest BCUT2D eigenvalue weighted by Gasteiger charge is 2.12. The van der Waals surface area contributed by atoms with Gasteiger partial charge in [0.1, 0.15) is 0 Å². The van der Waals surface area contributed by atoms with Crippen LogP contribution in [-0.2, 0) is 9.53 Å². The second-order valence-corrected chi connectivity index (χ2v) is 12.7. The zero-order valence-corrected chi connectivity index (χ0v) is 27.3. The van der Waals surface area contributed by atoms with Crippen molar-refractivity contribution in [3.63, 3.8) is 0 Å². The van der Waals surface area contributed by atoms with Gasteiger partial charge in [-0.3, -0.25) is 0 Å². The number of hydrogen-bond donors (Lipinski definition) is 0. The van der Waals surface area contributed by atoms with Gasteiger partial charge < -0.3 is 4.74 Å². The molecular weight excluding hydrogens is 476 g/mol. The summed E-state index contributed by atoms with van der Waals surface area (Å²) in [5, 5.41) is 0. The molecule has 0 fully saturated rings. The quantitative estimate of drug-likeness (QED) is 0.0474. The molecule has 0 amide bonds. The normalized spacial score (nSPS) is 12.1. The minimum Gasteiger partial charge on any atom is -0.462 e. The van der Waals surface area contributed by atoms with Crippen molar-refractivity contribution in [2.24, 2.45) is 5.92 Å². The van der Waals surface area contributed by atoms with Crippen molar-refractivity contribution in [1.29, 1.82) is 0 Å². The molecule has 1 unspecified atom stereocenters. The first-order chi connectivity index (χ1) is 19.1. The fraction of sp³-hybridized carbons (Fsp3) is 0.919. The van der Waals surface area contributed by atoms with Crippen LogP contribution >= 0.6 is 0 Å². The lowest BCUT2D eigenvalue weighted by molar-refractivity contribution is -0.140. The Morgan fingerprint density at radius 2 is 0.744 bits per heavy atom. The Hall–Kier alpha value is -0.790. The minimum atomic E-state index is -0.219. The van der Waals surface area contributed by atoms with E-state index in [0.717, 1.165) is 0 Å². The first-order valence-corrected chi connectivity index (χ1v) is 17.9. The van der Waals surface area contributed by atoms with E-state index >= 15 is 0 Å². The summed E-state index contributed by atoms with van der Waals surface area (Å²) in [6, 6.07) is 0. The Morgan fingerprint density at radius 3 is 1.00 bits per heavy atom. The average molecular weight is 549 g/mol. The van der Waals surface area contributed by atoms with Crippen LogP contribution in [0.25, 0.3) is 0 Å². The highest BCUT2D eigenvalue weighted by Crippen LogP contribution is 2.21. The fourth-order valence-electron chi connectivity index (χ4n) is 5.71. The van der Waals surface area contributed by atoms with Crippen molar-refractivity contribution in [2.75, 3.05) is 6.61 Å². The Morgan fingerprint density at radius 1 is 0.487 bits per heavy atom. The summed E-state index contributed by atoms with van der Waals surface area (Å²) in [6.45, 7) is 10.6. The molecule has 0 aliphatic heterocycles. The molecule has 2 heteroatoms. The second-order valence-electron chi connectivity index (χ2n) is 12.7. The van der Waals surface area contributed by atoms with E-state index in [1.54, 1.807) is 6.92 Å². The average Bonchev–Trinajstić information content (AvgIpc) is 2.93. The molecule has 0 radical (unpaired) electrons. The minimum absolute atomic E-state index is 0.219. The van der Waals surface area contributed by atoms with Gasteiger partial charge in [-0.1, -0.05) is 194 Å². The van der Waals surface area contributed by atoms with E-state index in [1.807, 2.05) is 0 Å². The van der Waals surface area contributed by atoms with Gasteiger partial charge in [0.15, 0.2) is 0 Å². The van der Waals surface area contributed by atoms with E-state index in [0.29, 0.717) is 18.1 Å². The fourth-order valence-corrected chi connectivity index (χ4v) is 5.71. The Kier molecular flexibility index (Phi) is 31.1. The highest BCUT2D eigenvalue weighted by molar-refractivity contribution is 5.86. The zero-order valence-electron chi connectivity index (χ0n) is 27.3. The number of unbranched alkanes of at least 4 members (excludes halogenated alkanes) is 25. The van der Waals surface area contributed by atoms with Crippen LogP contribution in [0.4, 0.5) is 0 Å². The van der Waals surface area contributed by atoms with Crippen LogP contribution in [0, 0.1) is 5.92 Å². The monoisotopic (exact) mass is 549 g/mol. The third kappa shape index (κ3) is 30.0. The van der Waals surface area contributed by atoms with Crippen molar-refractivity contribution < 1.29 is 9.53 Å². The molecule has 0 aromatic rings. The van der Waals surface area contributed by atoms with Gasteiger partial charge in [0.2, 0.25) is 0 Å². The lowest BCUT2D eigenvalue weighted by Gasteiger charge is -2.17. The summed E-state index contributed by atoms with van der Waals surface area (Å²) in [5.41, 5.74) is 0.517. The second kappa shape index (κ2) is 31.7. The molecule has 0 saturated carbocycles. The molecule has 0 aromatic carbocycles. The van der Waals surface area contributed by atoms with E-state index < -0.39 is 0 Å². The van der Waals surface area contributed by atoms with Gasteiger partial charge in [0.05, 0.1) is 6.61 Å². The third-order valence-corrected chi connectivity index (χ3v) is 8.48. The first-order valence-electron chi connectivity index (χ1n) is 17.9. The van der Waals surface area contributed by atoms with Crippen LogP contribution in [0.2, 0.25) is 0 Å². The topological polar surface area (TPSA) is 26.3 Å². The van der Waals surface area contributed by atoms with Crippen molar-refractivity contribution in [3.8, 4) is 0 Å². The van der Waals surface area contributed by atoms with E-state index in [9.17, 15) is 4.79 Å². The van der Waals surface area contributed by atoms with Gasteiger partial charge in [-0.05, 0) is 25.7 Å². The predicted molar refractivity (Wildman–Crippen MR) is 175 cm³/mol. The van der Waals surface area contributed by atoms with E-state index in [2.05, 4.69) is 20.4 Å². The van der Waals surface area contributed by atoms with Crippen molar-refractivity contribution in [3.05, 3.63) is 12.2 Å². The van der Waals surface area contributed by atoms with Gasteiger partial charge in [0.25, 0.3) is 0 Å². The Balaban J connectivity index is 3.60. The molecule has 0 heterocycles. The van der Waals surface area contributed by atoms with Gasteiger partial charge in [0, 0.05) is 5.57 Å². The SMILES string of the molecule is C=C(C)C(=O)OCC(CCCCCCCCC)CCCCCCCCCCCCCCCCCCCCCC. The molecule has 1 atom stereocenters. The van der Waals surface area contributed by atoms with Gasteiger partial charge >= 0.3 is 5.97 Å². The van der Waals surface area contributed by atoms with Crippen molar-refractivity contribution in [2.45, 2.75) is 207 Å². The lowest BCUT2D eigenvalue weighted by atomic mass is 9.94. The maximum atomic E-state index is 11.9. The standard InChI is InChI=1S/C37H72O2/c1-5-7-9-11-13-14-15-16-17-18-19-20-21-22-23-24-25-27-29-31-33-36(34-39-37(38)35(3)4)32-30-28-26-12-10-8-6-2/h36H,3,5-34H2,1-2,4H3. The van der Waals surface area contributed by atoms with Gasteiger partial charge in [-0.2, -0.15) is 0 Å². The summed E-state index contributed by atoms with van der Waals surface area (Å²) < 4.78 is 5.53. The van der Waals surface area contributed by atoms with Gasteiger partial charge in [-0.15, -0.1) is 0 Å². The maximum absolute atomic E-state index is 11.9. The zero-order chi connectivity index (χ0) is 28.7. The summed E-state index contributed by atoms with van der Waals surface area (Å²) in [7, 11) is 0. The number of rotatable bonds is 32. The summed E-state index contributed by atoms with van der Waals surface area (Å²) in [4.78, 5) is 11.9. The van der Waals surface area contributed by atoms with Crippen LogP contribution in [-0.4, -0.2) is 12.6 Å². The molecule has 0 bridgehead atoms. The number of hydrogen-bond acceptors (Lipinski definition) is 2. The Bertz CT molecular complexity index is 512. The number of carbonyl (C=O) groups excluding carboxylic acids is 1. The van der Waals surface area contributed by atoms with Crippen LogP contribution in [0.1, 0.15) is 207 Å². The molecule has 0 aromatic heterocycles. The van der Waals surface area contributed by atoms with Crippen molar-refractivity contribution >= 4 is 5.97 Å². The molecule has 232 valence electrons. The van der Waals surface area contributed by atoms with E-state index in [4.69, 9.17) is 4.74 Å². The highest BCUT2D eigenvalue weighted by atomic mass is 16.5. The maximum Gasteiger partial charge on any atom is 0.333 e. The molecular formula is C37H72O2. The van der Waals surface area contributed by atoms with Crippen LogP contribution in [0.3, 0.4) is 0 Å². The number of ether oxygens (including phenoxy) is 1. The smallest absolute Gasteiger partial charge is 0.333 e. The number of carbonyl (C=O) groups is 1. The first kappa shape index (κ1) is 38.2. The lowest BCUT2D eigenvalue weighted by Crippen LogP contribution is -2.15. The van der Waals surface area contributed by atoms with Crippen LogP contribution < -0.4 is 0 Å². The predicted octanol–water partition coefficient (Wildman–Crippen LogP) is 13.1. The molecule has 0 N–H and O–H groups in total. The van der Waals surface area contributed by atoms with E-state index in [1.165, 1.54) is 186 Å². The van der Waals surface area contributed by atoms with Crippen molar-refractivity contribution in [1.82, 2.24) is 0 Å². The summed E-state index contributed by atoms with van der Waals surface area (Å²) in [5.74, 6) is 0.308. The molecule has 0 saturated heterocycles. The van der Waals surface area contributed by atoms with Crippen LogP contribution in [0.5, 0.6) is 0 Å². The van der Waals surface area contributed by atoms with E-state index in [-0.39, 0.29) is 5.97 Å². The third-order valence-electron chi connectivity index (χ3n) is 8.48. The van der Waals surface area contributed by atoms with Crippen LogP contribution in [0.15, 0.2) is 12.2 Å². The molecule has 0 aliphatic carbocycles. The largest absolute Gasteiger partial charge is 0.462 e. The molecule has 0 spiro atoms. The molecule has 2 nitrogen and oxygen atoms in total. The molecule has 0 aliphatic rings. The number of esters is 1. The Labute approximate surface area is 246 Å². The van der Waals surface area contributed by atoms with Gasteiger partial charge in [-0.25, -0.2) is 4.79 Å². The molecule has 0 rings (SSSR count). The molecule has 39 heavy (non-hydrogen) atoms. The summed E-state index contributed by atoms with van der Waals surface area (Å²) >= 11 is 0.